The van der Waals surface area contributed by atoms with Gasteiger partial charge in [-0.15, -0.1) is 0 Å². The molecule has 0 saturated heterocycles. The van der Waals surface area contributed by atoms with Crippen molar-refractivity contribution in [1.29, 1.82) is 0 Å². The highest BCUT2D eigenvalue weighted by molar-refractivity contribution is 5.63. The summed E-state index contributed by atoms with van der Waals surface area (Å²) in [6, 6.07) is 12.8. The fraction of sp³-hybridized carbons (Fsp3) is 0.273. The van der Waals surface area contributed by atoms with Crippen LogP contribution in [0.1, 0.15) is 42.7 Å². The predicted octanol–water partition coefficient (Wildman–Crippen LogP) is 6.78. The predicted molar refractivity (Wildman–Crippen MR) is 108 cm³/mol. The minimum Gasteiger partial charge on any atom is -0.340 e. The van der Waals surface area contributed by atoms with E-state index in [0.717, 1.165) is 19.0 Å². The Morgan fingerprint density at radius 3 is 2.07 bits per heavy atom. The van der Waals surface area contributed by atoms with Crippen LogP contribution in [-0.2, 0) is 6.18 Å². The molecule has 2 aromatic carbocycles. The molecule has 1 fully saturated rings. The van der Waals surface area contributed by atoms with Crippen molar-refractivity contribution >= 4 is 23.1 Å². The van der Waals surface area contributed by atoms with Gasteiger partial charge in [-0.2, -0.15) is 18.2 Å². The van der Waals surface area contributed by atoms with Crippen molar-refractivity contribution in [3.05, 3.63) is 71.7 Å². The van der Waals surface area contributed by atoms with Gasteiger partial charge in [0, 0.05) is 17.6 Å². The molecule has 0 spiro atoms. The van der Waals surface area contributed by atoms with Gasteiger partial charge in [-0.25, -0.2) is 9.37 Å². The Hall–Kier alpha value is -3.16. The highest BCUT2D eigenvalue weighted by Crippen LogP contribution is 2.37. The molecule has 4 rings (SSSR count). The van der Waals surface area contributed by atoms with E-state index in [0.29, 0.717) is 17.3 Å². The number of benzene rings is 2. The summed E-state index contributed by atoms with van der Waals surface area (Å²) in [5.74, 6) is -0.275. The largest absolute Gasteiger partial charge is 0.421 e. The molecule has 0 bridgehead atoms. The molecule has 3 aromatic rings. The lowest BCUT2D eigenvalue weighted by molar-refractivity contribution is -0.137. The minimum atomic E-state index is -4.61. The van der Waals surface area contributed by atoms with Crippen LogP contribution in [0.5, 0.6) is 0 Å². The number of hydrogen-bond acceptors (Lipinski definition) is 4. The summed E-state index contributed by atoms with van der Waals surface area (Å²) >= 11 is 0. The van der Waals surface area contributed by atoms with Crippen LogP contribution in [0.4, 0.5) is 40.7 Å². The number of halogens is 4. The summed E-state index contributed by atoms with van der Waals surface area (Å²) in [6.07, 6.45) is 0.841. The van der Waals surface area contributed by atoms with E-state index in [1.165, 1.54) is 42.7 Å². The molecular formula is C22H20F4N4. The molecular weight excluding hydrogens is 396 g/mol. The zero-order valence-electron chi connectivity index (χ0n) is 16.0. The average molecular weight is 416 g/mol. The van der Waals surface area contributed by atoms with Crippen LogP contribution in [0, 0.1) is 5.82 Å². The SMILES string of the molecule is Fc1ccc(Nc2ncc(C(F)(F)F)c(Nc3ccc(C4CCCC4)cc3)n2)cc1. The van der Waals surface area contributed by atoms with Gasteiger partial charge >= 0.3 is 6.18 Å². The molecule has 1 saturated carbocycles. The molecule has 0 unspecified atom stereocenters. The lowest BCUT2D eigenvalue weighted by Crippen LogP contribution is -2.12. The third-order valence-corrected chi connectivity index (χ3v) is 5.19. The van der Waals surface area contributed by atoms with Gasteiger partial charge in [-0.3, -0.25) is 0 Å². The molecule has 30 heavy (non-hydrogen) atoms. The Morgan fingerprint density at radius 1 is 0.833 bits per heavy atom. The molecule has 156 valence electrons. The normalized spacial score (nSPS) is 14.7. The van der Waals surface area contributed by atoms with Crippen molar-refractivity contribution in [2.24, 2.45) is 0 Å². The molecule has 4 nitrogen and oxygen atoms in total. The first-order valence-electron chi connectivity index (χ1n) is 9.72. The number of nitrogens with one attached hydrogen (secondary N) is 2. The van der Waals surface area contributed by atoms with E-state index in [1.54, 1.807) is 12.1 Å². The fourth-order valence-corrected chi connectivity index (χ4v) is 3.64. The number of aromatic nitrogens is 2. The second-order valence-corrected chi connectivity index (χ2v) is 7.31. The van der Waals surface area contributed by atoms with Crippen LogP contribution in [0.25, 0.3) is 0 Å². The first-order chi connectivity index (χ1) is 14.4. The second-order valence-electron chi connectivity index (χ2n) is 7.31. The van der Waals surface area contributed by atoms with Crippen molar-refractivity contribution < 1.29 is 17.6 Å². The molecule has 8 heteroatoms. The van der Waals surface area contributed by atoms with Crippen molar-refractivity contribution in [2.75, 3.05) is 10.6 Å². The van der Waals surface area contributed by atoms with Gasteiger partial charge in [0.2, 0.25) is 5.95 Å². The fourth-order valence-electron chi connectivity index (χ4n) is 3.64. The molecule has 1 aliphatic rings. The number of rotatable bonds is 5. The van der Waals surface area contributed by atoms with E-state index in [4.69, 9.17) is 0 Å². The van der Waals surface area contributed by atoms with Crippen molar-refractivity contribution in [1.82, 2.24) is 9.97 Å². The van der Waals surface area contributed by atoms with E-state index in [-0.39, 0.29) is 11.8 Å². The number of hydrogen-bond donors (Lipinski definition) is 2. The number of anilines is 4. The van der Waals surface area contributed by atoms with Crippen LogP contribution in [0.15, 0.2) is 54.7 Å². The summed E-state index contributed by atoms with van der Waals surface area (Å²) in [5, 5.41) is 5.55. The van der Waals surface area contributed by atoms with Gasteiger partial charge in [0.25, 0.3) is 0 Å². The molecule has 2 N–H and O–H groups in total. The molecule has 0 radical (unpaired) electrons. The van der Waals surface area contributed by atoms with Gasteiger partial charge in [-0.1, -0.05) is 25.0 Å². The number of alkyl halides is 3. The topological polar surface area (TPSA) is 49.8 Å². The Bertz CT molecular complexity index is 995. The van der Waals surface area contributed by atoms with Gasteiger partial charge in [0.1, 0.15) is 17.2 Å². The van der Waals surface area contributed by atoms with E-state index in [2.05, 4.69) is 20.6 Å². The van der Waals surface area contributed by atoms with Crippen LogP contribution in [0.2, 0.25) is 0 Å². The molecule has 0 atom stereocenters. The van der Waals surface area contributed by atoms with Crippen LogP contribution >= 0.6 is 0 Å². The average Bonchev–Trinajstić information content (AvgIpc) is 3.24. The maximum absolute atomic E-state index is 13.4. The van der Waals surface area contributed by atoms with Crippen LogP contribution < -0.4 is 10.6 Å². The summed E-state index contributed by atoms with van der Waals surface area (Å²) in [6.45, 7) is 0. The summed E-state index contributed by atoms with van der Waals surface area (Å²) < 4.78 is 53.4. The van der Waals surface area contributed by atoms with Crippen LogP contribution in [-0.4, -0.2) is 9.97 Å². The Labute approximate surface area is 171 Å². The van der Waals surface area contributed by atoms with Crippen LogP contribution in [0.3, 0.4) is 0 Å². The van der Waals surface area contributed by atoms with Gasteiger partial charge < -0.3 is 10.6 Å². The first-order valence-corrected chi connectivity index (χ1v) is 9.72. The minimum absolute atomic E-state index is 0.0281. The number of nitrogens with zero attached hydrogens (tertiary/aromatic N) is 2. The zero-order chi connectivity index (χ0) is 21.1. The second kappa shape index (κ2) is 8.30. The maximum atomic E-state index is 13.4. The Balaban J connectivity index is 1.58. The van der Waals surface area contributed by atoms with Crippen molar-refractivity contribution in [3.63, 3.8) is 0 Å². The molecule has 1 aliphatic carbocycles. The summed E-state index contributed by atoms with van der Waals surface area (Å²) in [5.41, 5.74) is 1.21. The van der Waals surface area contributed by atoms with Gasteiger partial charge in [0.15, 0.2) is 0 Å². The third kappa shape index (κ3) is 4.69. The third-order valence-electron chi connectivity index (χ3n) is 5.19. The highest BCUT2D eigenvalue weighted by atomic mass is 19.4. The highest BCUT2D eigenvalue weighted by Gasteiger charge is 2.35. The van der Waals surface area contributed by atoms with Crippen molar-refractivity contribution in [3.8, 4) is 0 Å². The maximum Gasteiger partial charge on any atom is 0.421 e. The van der Waals surface area contributed by atoms with Crippen molar-refractivity contribution in [2.45, 2.75) is 37.8 Å². The summed E-state index contributed by atoms with van der Waals surface area (Å²) in [4.78, 5) is 7.76. The molecule has 1 aromatic heterocycles. The Morgan fingerprint density at radius 2 is 1.43 bits per heavy atom. The van der Waals surface area contributed by atoms with Gasteiger partial charge in [-0.05, 0) is 60.7 Å². The molecule has 0 aliphatic heterocycles. The smallest absolute Gasteiger partial charge is 0.340 e. The first kappa shape index (κ1) is 20.1. The van der Waals surface area contributed by atoms with E-state index < -0.39 is 17.6 Å². The lowest BCUT2D eigenvalue weighted by atomic mass is 9.97. The lowest BCUT2D eigenvalue weighted by Gasteiger charge is -2.16. The van der Waals surface area contributed by atoms with E-state index in [1.807, 2.05) is 12.1 Å². The standard InChI is InChI=1S/C22H20F4N4/c23-16-7-11-18(12-8-16)29-21-27-13-19(22(24,25)26)20(30-21)28-17-9-5-15(6-10-17)14-3-1-2-4-14/h5-14H,1-4H2,(H2,27,28,29,30). The monoisotopic (exact) mass is 416 g/mol. The molecule has 1 heterocycles. The summed E-state index contributed by atoms with van der Waals surface area (Å²) in [7, 11) is 0. The Kier molecular flexibility index (Phi) is 5.57. The van der Waals surface area contributed by atoms with E-state index in [9.17, 15) is 17.6 Å². The molecule has 0 amide bonds. The van der Waals surface area contributed by atoms with E-state index >= 15 is 0 Å². The zero-order valence-corrected chi connectivity index (χ0v) is 16.0. The quantitative estimate of drug-likeness (QED) is 0.450. The van der Waals surface area contributed by atoms with Gasteiger partial charge in [0.05, 0.1) is 0 Å².